The molecule has 0 bridgehead atoms. The zero-order chi connectivity index (χ0) is 21.2. The average Bonchev–Trinajstić information content (AvgIpc) is 3.21. The maximum atomic E-state index is 5.63. The number of benzene rings is 2. The minimum Gasteiger partial charge on any atom is -0.373 e. The van der Waals surface area contributed by atoms with Crippen molar-refractivity contribution in [2.45, 2.75) is 9.24 Å². The van der Waals surface area contributed by atoms with Crippen LogP contribution in [0.3, 0.4) is 0 Å². The van der Waals surface area contributed by atoms with E-state index in [0.29, 0.717) is 0 Å². The van der Waals surface area contributed by atoms with E-state index in [9.17, 15) is 0 Å². The summed E-state index contributed by atoms with van der Waals surface area (Å²) in [6, 6.07) is 16.3. The van der Waals surface area contributed by atoms with Crippen molar-refractivity contribution < 1.29 is 13.3 Å². The number of hydrogen-bond donors (Lipinski definition) is 0. The van der Waals surface area contributed by atoms with E-state index >= 15 is 0 Å². The quantitative estimate of drug-likeness (QED) is 0.110. The lowest BCUT2D eigenvalue weighted by molar-refractivity contribution is 0.140. The van der Waals surface area contributed by atoms with Crippen LogP contribution in [0, 0.1) is 0 Å². The molecule has 0 N–H and O–H groups in total. The molecule has 3 aromatic rings. The number of nitrogens with zero attached hydrogens (tertiary/aromatic N) is 1. The predicted octanol–water partition coefficient (Wildman–Crippen LogP) is 8.07. The van der Waals surface area contributed by atoms with Crippen LogP contribution < -0.4 is 5.19 Å². The molecule has 3 rings (SSSR count). The zero-order valence-corrected chi connectivity index (χ0v) is 24.3. The van der Waals surface area contributed by atoms with Gasteiger partial charge in [0.05, 0.1) is 10.2 Å². The molecular formula is C16H17NO3S9Si. The number of rotatable bonds is 13. The molecule has 0 aliphatic carbocycles. The molecule has 0 spiro atoms. The Labute approximate surface area is 211 Å². The summed E-state index contributed by atoms with van der Waals surface area (Å²) in [5.41, 5.74) is 1.07. The first kappa shape index (κ1) is 25.8. The van der Waals surface area contributed by atoms with Gasteiger partial charge in [0.25, 0.3) is 0 Å². The van der Waals surface area contributed by atoms with Crippen molar-refractivity contribution in [3.8, 4) is 0 Å². The lowest BCUT2D eigenvalue weighted by Gasteiger charge is -2.26. The first-order chi connectivity index (χ1) is 14.7. The third kappa shape index (κ3) is 7.11. The van der Waals surface area contributed by atoms with E-state index in [2.05, 4.69) is 29.2 Å². The van der Waals surface area contributed by atoms with Crippen LogP contribution in [0.4, 0.5) is 0 Å². The highest BCUT2D eigenvalue weighted by Gasteiger charge is 2.42. The van der Waals surface area contributed by atoms with E-state index < -0.39 is 8.80 Å². The normalized spacial score (nSPS) is 12.0. The Morgan fingerprint density at radius 2 is 1.33 bits per heavy atom. The Bertz CT molecular complexity index is 886. The Balaban J connectivity index is 1.36. The van der Waals surface area contributed by atoms with Crippen LogP contribution in [0.15, 0.2) is 57.8 Å². The van der Waals surface area contributed by atoms with Crippen molar-refractivity contribution >= 4 is 116 Å². The molecule has 0 amide bonds. The van der Waals surface area contributed by atoms with Crippen molar-refractivity contribution in [3.63, 3.8) is 0 Å². The molecule has 1 aromatic heterocycles. The third-order valence-electron chi connectivity index (χ3n) is 3.67. The number of thiazole rings is 1. The van der Waals surface area contributed by atoms with Crippen LogP contribution in [0.5, 0.6) is 0 Å². The van der Waals surface area contributed by atoms with Gasteiger partial charge in [-0.05, 0) is 98.7 Å². The summed E-state index contributed by atoms with van der Waals surface area (Å²) in [6.07, 6.45) is 0. The van der Waals surface area contributed by atoms with Gasteiger partial charge >= 0.3 is 8.80 Å². The van der Waals surface area contributed by atoms with Crippen molar-refractivity contribution in [3.05, 3.63) is 48.5 Å². The lowest BCUT2D eigenvalue weighted by atomic mass is 10.3. The Hall–Kier alpha value is 1.23. The number of fused-ring (bicyclic) bond motifs is 1. The van der Waals surface area contributed by atoms with Crippen LogP contribution >= 0.6 is 91.9 Å². The van der Waals surface area contributed by atoms with Crippen molar-refractivity contribution in [1.29, 1.82) is 0 Å². The second kappa shape index (κ2) is 13.8. The molecule has 0 aliphatic rings. The van der Waals surface area contributed by atoms with Crippen LogP contribution in [0.25, 0.3) is 10.2 Å². The van der Waals surface area contributed by atoms with Gasteiger partial charge < -0.3 is 13.3 Å². The second-order valence-corrected chi connectivity index (χ2v) is 22.1. The molecule has 4 nitrogen and oxygen atoms in total. The number of aromatic nitrogens is 1. The van der Waals surface area contributed by atoms with Gasteiger partial charge in [0.2, 0.25) is 0 Å². The van der Waals surface area contributed by atoms with Gasteiger partial charge in [0.1, 0.15) is 0 Å². The van der Waals surface area contributed by atoms with E-state index in [4.69, 9.17) is 13.3 Å². The summed E-state index contributed by atoms with van der Waals surface area (Å²) in [5, 5.41) is 0.991. The molecule has 0 atom stereocenters. The standard InChI is InChI=1S/C16H17NO3S9Si/c1-18-30(19-2,20-3)15-11-7-6-10-14(15)22-24-26-28-29-27-25-23-16-17-12-8-4-5-9-13(12)21-16/h4-11H,1-3H3. The van der Waals surface area contributed by atoms with Crippen molar-refractivity contribution in [2.75, 3.05) is 21.3 Å². The van der Waals surface area contributed by atoms with Crippen LogP contribution in [-0.4, -0.2) is 35.1 Å². The maximum Gasteiger partial charge on any atom is 0.537 e. The summed E-state index contributed by atoms with van der Waals surface area (Å²) in [6.45, 7) is 0. The molecule has 0 saturated heterocycles. The summed E-state index contributed by atoms with van der Waals surface area (Å²) >= 11 is 1.74. The molecule has 162 valence electrons. The van der Waals surface area contributed by atoms with Gasteiger partial charge in [-0.25, -0.2) is 4.98 Å². The van der Waals surface area contributed by atoms with Gasteiger partial charge in [-0.2, -0.15) is 0 Å². The van der Waals surface area contributed by atoms with Gasteiger partial charge in [0, 0.05) is 31.4 Å². The zero-order valence-electron chi connectivity index (χ0n) is 16.0. The summed E-state index contributed by atoms with van der Waals surface area (Å²) in [7, 11) is 15.9. The minimum atomic E-state index is -2.84. The summed E-state index contributed by atoms with van der Waals surface area (Å²) in [4.78, 5) is 5.74. The van der Waals surface area contributed by atoms with Crippen LogP contribution in [0.2, 0.25) is 0 Å². The highest BCUT2D eigenvalue weighted by atomic mass is 34.0. The Morgan fingerprint density at radius 1 is 0.733 bits per heavy atom. The average molecular weight is 588 g/mol. The first-order valence-electron chi connectivity index (χ1n) is 8.17. The molecule has 2 aromatic carbocycles. The fraction of sp³-hybridized carbons (Fsp3) is 0.188. The van der Waals surface area contributed by atoms with E-state index in [1.807, 2.05) is 24.3 Å². The highest BCUT2D eigenvalue weighted by Crippen LogP contribution is 2.59. The number of para-hydroxylation sites is 1. The molecule has 1 heterocycles. The molecule has 0 saturated carbocycles. The molecular weight excluding hydrogens is 571 g/mol. The van der Waals surface area contributed by atoms with Crippen molar-refractivity contribution in [2.24, 2.45) is 0 Å². The van der Waals surface area contributed by atoms with Crippen molar-refractivity contribution in [1.82, 2.24) is 4.98 Å². The topological polar surface area (TPSA) is 40.6 Å². The van der Waals surface area contributed by atoms with E-state index in [0.717, 1.165) is 19.9 Å². The van der Waals surface area contributed by atoms with Gasteiger partial charge in [0.15, 0.2) is 4.34 Å². The summed E-state index contributed by atoms with van der Waals surface area (Å²) < 4.78 is 19.2. The fourth-order valence-electron chi connectivity index (χ4n) is 2.40. The summed E-state index contributed by atoms with van der Waals surface area (Å²) in [5.74, 6) is 0. The molecule has 0 aliphatic heterocycles. The largest absolute Gasteiger partial charge is 0.537 e. The van der Waals surface area contributed by atoms with E-state index in [-0.39, 0.29) is 0 Å². The molecule has 0 unspecified atom stereocenters. The molecule has 0 fully saturated rings. The van der Waals surface area contributed by atoms with Gasteiger partial charge in [-0.15, -0.1) is 11.3 Å². The second-order valence-electron chi connectivity index (χ2n) is 5.19. The number of hydrogen-bond acceptors (Lipinski definition) is 13. The molecule has 14 heteroatoms. The van der Waals surface area contributed by atoms with E-state index in [1.165, 1.54) is 4.70 Å². The predicted molar refractivity (Wildman–Crippen MR) is 150 cm³/mol. The van der Waals surface area contributed by atoms with Gasteiger partial charge in [-0.1, -0.05) is 30.3 Å². The monoisotopic (exact) mass is 587 g/mol. The Morgan fingerprint density at radius 3 is 2.03 bits per heavy atom. The van der Waals surface area contributed by atoms with E-state index in [1.54, 1.807) is 113 Å². The van der Waals surface area contributed by atoms with Crippen LogP contribution in [0.1, 0.15) is 0 Å². The fourth-order valence-corrected chi connectivity index (χ4v) is 23.0. The van der Waals surface area contributed by atoms with Gasteiger partial charge in [-0.3, -0.25) is 0 Å². The highest BCUT2D eigenvalue weighted by molar-refractivity contribution is 9.48. The van der Waals surface area contributed by atoms with Crippen LogP contribution in [-0.2, 0) is 13.3 Å². The molecule has 30 heavy (non-hydrogen) atoms. The maximum absolute atomic E-state index is 5.63. The SMILES string of the molecule is CO[Si](OC)(OC)c1ccccc1SSSSSSSSc1nc2ccccc2s1. The Kier molecular flexibility index (Phi) is 11.9. The smallest absolute Gasteiger partial charge is 0.373 e. The minimum absolute atomic E-state index is 0.991. The lowest BCUT2D eigenvalue weighted by Crippen LogP contribution is -2.55. The first-order valence-corrected chi connectivity index (χ1v) is 20.9. The molecule has 0 radical (unpaired) electrons. The third-order valence-corrected chi connectivity index (χ3v) is 22.9.